The number of carbonyl (C=O) groups is 1. The molecule has 1 aliphatic carbocycles. The zero-order valence-electron chi connectivity index (χ0n) is 18.7. The van der Waals surface area contributed by atoms with Gasteiger partial charge >= 0.3 is 5.97 Å². The van der Waals surface area contributed by atoms with Crippen molar-refractivity contribution in [2.75, 3.05) is 0 Å². The van der Waals surface area contributed by atoms with Gasteiger partial charge in [-0.3, -0.25) is 0 Å². The van der Waals surface area contributed by atoms with Crippen molar-refractivity contribution in [3.05, 3.63) is 104 Å². The van der Waals surface area contributed by atoms with Crippen LogP contribution in [0.25, 0.3) is 11.3 Å². The van der Waals surface area contributed by atoms with Gasteiger partial charge in [0.15, 0.2) is 0 Å². The average Bonchev–Trinajstić information content (AvgIpc) is 3.62. The number of aromatic nitrogens is 1. The molecule has 1 saturated carbocycles. The van der Waals surface area contributed by atoms with Crippen LogP contribution in [0.1, 0.15) is 51.6 Å². The molecule has 5 rings (SSSR count). The van der Waals surface area contributed by atoms with E-state index in [9.17, 15) is 9.90 Å². The zero-order valence-corrected chi connectivity index (χ0v) is 21.0. The fraction of sp³-hybridized carbons (Fsp3) is 0.143. The van der Waals surface area contributed by atoms with Crippen molar-refractivity contribution in [2.45, 2.75) is 25.4 Å². The second kappa shape index (κ2) is 10.3. The van der Waals surface area contributed by atoms with Crippen molar-refractivity contribution in [3.8, 4) is 28.8 Å². The van der Waals surface area contributed by atoms with Crippen LogP contribution in [0.2, 0.25) is 15.1 Å². The van der Waals surface area contributed by atoms with E-state index in [1.54, 1.807) is 54.6 Å². The number of hydrogen-bond donors (Lipinski definition) is 1. The average molecular weight is 539 g/mol. The molecule has 0 aliphatic heterocycles. The maximum atomic E-state index is 11.4. The normalized spacial score (nSPS) is 12.6. The lowest BCUT2D eigenvalue weighted by Gasteiger charge is -2.10. The summed E-state index contributed by atoms with van der Waals surface area (Å²) >= 11 is 19.3. The van der Waals surface area contributed by atoms with Crippen molar-refractivity contribution >= 4 is 40.8 Å². The van der Waals surface area contributed by atoms with Crippen molar-refractivity contribution in [2.24, 2.45) is 0 Å². The molecule has 4 aromatic rings. The molecule has 36 heavy (non-hydrogen) atoms. The third-order valence-corrected chi connectivity index (χ3v) is 6.72. The molecule has 0 atom stereocenters. The molecule has 5 nitrogen and oxygen atoms in total. The van der Waals surface area contributed by atoms with Gasteiger partial charge in [-0.2, -0.15) is 0 Å². The molecule has 0 bridgehead atoms. The van der Waals surface area contributed by atoms with Crippen LogP contribution in [0.4, 0.5) is 0 Å². The topological polar surface area (TPSA) is 72.6 Å². The molecule has 0 spiro atoms. The van der Waals surface area contributed by atoms with E-state index in [-0.39, 0.29) is 12.2 Å². The van der Waals surface area contributed by atoms with Gasteiger partial charge in [-0.15, -0.1) is 0 Å². The molecule has 0 radical (unpaired) electrons. The van der Waals surface area contributed by atoms with Gasteiger partial charge in [0.25, 0.3) is 0 Å². The quantitative estimate of drug-likeness (QED) is 0.253. The van der Waals surface area contributed by atoms with Crippen molar-refractivity contribution in [1.29, 1.82) is 0 Å². The number of hydrogen-bond acceptors (Lipinski definition) is 4. The zero-order chi connectivity index (χ0) is 25.2. The number of carboxylic acids is 1. The fourth-order valence-corrected chi connectivity index (χ4v) is 4.60. The Morgan fingerprint density at radius 2 is 1.69 bits per heavy atom. The van der Waals surface area contributed by atoms with Gasteiger partial charge in [0.2, 0.25) is 0 Å². The van der Waals surface area contributed by atoms with Crippen LogP contribution in [-0.2, 0) is 6.61 Å². The lowest BCUT2D eigenvalue weighted by atomic mass is 10.0. The molecule has 1 fully saturated rings. The van der Waals surface area contributed by atoms with Crippen molar-refractivity contribution in [3.63, 3.8) is 0 Å². The lowest BCUT2D eigenvalue weighted by Crippen LogP contribution is -2.00. The van der Waals surface area contributed by atoms with Crippen LogP contribution >= 0.6 is 34.8 Å². The summed E-state index contributed by atoms with van der Waals surface area (Å²) in [5.41, 5.74) is 3.08. The van der Waals surface area contributed by atoms with Crippen LogP contribution in [0.5, 0.6) is 5.75 Å². The Morgan fingerprint density at radius 1 is 0.972 bits per heavy atom. The lowest BCUT2D eigenvalue weighted by molar-refractivity contribution is 0.0696. The molecule has 1 aromatic heterocycles. The standard InChI is InChI=1S/C28H18Cl3NO4/c29-22-6-3-7-23(30)25(22)26-21(27(36-32-26)18-10-11-18)15-35-19-13-12-17(24(31)14-19)9-8-16-4-1-2-5-20(16)28(33)34/h1-7,12-14,18H,10-11,15H2,(H,33,34). The van der Waals surface area contributed by atoms with E-state index in [2.05, 4.69) is 17.0 Å². The Hall–Kier alpha value is -3.43. The SMILES string of the molecule is O=C(O)c1ccccc1C#Cc1ccc(OCc2c(-c3c(Cl)cccc3Cl)noc2C2CC2)cc1Cl. The Morgan fingerprint density at radius 3 is 2.39 bits per heavy atom. The summed E-state index contributed by atoms with van der Waals surface area (Å²) in [7, 11) is 0. The van der Waals surface area contributed by atoms with E-state index in [0.29, 0.717) is 49.1 Å². The molecule has 1 N–H and O–H groups in total. The summed E-state index contributed by atoms with van der Waals surface area (Å²) in [4.78, 5) is 11.4. The first-order valence-electron chi connectivity index (χ1n) is 11.1. The number of rotatable bonds is 6. The predicted octanol–water partition coefficient (Wildman–Crippen LogP) is 7.86. The maximum absolute atomic E-state index is 11.4. The van der Waals surface area contributed by atoms with Crippen LogP contribution < -0.4 is 4.74 Å². The highest BCUT2D eigenvalue weighted by atomic mass is 35.5. The number of carboxylic acid groups (broad SMARTS) is 1. The summed E-state index contributed by atoms with van der Waals surface area (Å²) in [6.45, 7) is 0.194. The molecule has 180 valence electrons. The molecule has 1 aliphatic rings. The largest absolute Gasteiger partial charge is 0.489 e. The van der Waals surface area contributed by atoms with Gasteiger partial charge in [-0.25, -0.2) is 4.79 Å². The summed E-state index contributed by atoms with van der Waals surface area (Å²) in [5, 5.41) is 15.0. The van der Waals surface area contributed by atoms with Crippen molar-refractivity contribution < 1.29 is 19.2 Å². The van der Waals surface area contributed by atoms with Crippen LogP contribution in [0.15, 0.2) is 65.2 Å². The molecular formula is C28H18Cl3NO4. The minimum Gasteiger partial charge on any atom is -0.489 e. The van der Waals surface area contributed by atoms with Gasteiger partial charge in [0, 0.05) is 28.7 Å². The van der Waals surface area contributed by atoms with E-state index in [0.717, 1.165) is 24.2 Å². The minimum atomic E-state index is -1.04. The van der Waals surface area contributed by atoms with E-state index in [4.69, 9.17) is 44.1 Å². The molecular weight excluding hydrogens is 521 g/mol. The van der Waals surface area contributed by atoms with Crippen LogP contribution in [-0.4, -0.2) is 16.2 Å². The van der Waals surface area contributed by atoms with Crippen LogP contribution in [0, 0.1) is 11.8 Å². The van der Waals surface area contributed by atoms with Gasteiger partial charge in [-0.1, -0.05) is 70.0 Å². The molecule has 0 unspecified atom stereocenters. The van der Waals surface area contributed by atoms with Gasteiger partial charge in [0.1, 0.15) is 23.8 Å². The Labute approximate surface area is 222 Å². The molecule has 1 heterocycles. The summed E-state index contributed by atoms with van der Waals surface area (Å²) in [6, 6.07) is 17.0. The van der Waals surface area contributed by atoms with E-state index >= 15 is 0 Å². The van der Waals surface area contributed by atoms with E-state index in [1.165, 1.54) is 6.07 Å². The summed E-state index contributed by atoms with van der Waals surface area (Å²) in [6.07, 6.45) is 2.06. The third kappa shape index (κ3) is 5.08. The third-order valence-electron chi connectivity index (χ3n) is 5.78. The van der Waals surface area contributed by atoms with Gasteiger partial charge < -0.3 is 14.4 Å². The highest BCUT2D eigenvalue weighted by Gasteiger charge is 2.33. The second-order valence-electron chi connectivity index (χ2n) is 8.28. The summed E-state index contributed by atoms with van der Waals surface area (Å²) in [5.74, 6) is 6.42. The first-order chi connectivity index (χ1) is 17.4. The number of halogens is 3. The Balaban J connectivity index is 1.39. The molecule has 0 amide bonds. The highest BCUT2D eigenvalue weighted by Crippen LogP contribution is 2.46. The molecule has 0 saturated heterocycles. The summed E-state index contributed by atoms with van der Waals surface area (Å²) < 4.78 is 11.7. The van der Waals surface area contributed by atoms with Gasteiger partial charge in [0.05, 0.1) is 26.2 Å². The number of ether oxygens (including phenoxy) is 1. The van der Waals surface area contributed by atoms with Crippen molar-refractivity contribution in [1.82, 2.24) is 5.16 Å². The first-order valence-corrected chi connectivity index (χ1v) is 12.2. The Bertz CT molecular complexity index is 1510. The first kappa shape index (κ1) is 24.3. The highest BCUT2D eigenvalue weighted by molar-refractivity contribution is 6.39. The number of aromatic carboxylic acids is 1. The Kier molecular flexibility index (Phi) is 6.93. The monoisotopic (exact) mass is 537 g/mol. The van der Waals surface area contributed by atoms with Gasteiger partial charge in [-0.05, 0) is 49.2 Å². The molecule has 3 aromatic carbocycles. The second-order valence-corrected chi connectivity index (χ2v) is 9.50. The smallest absolute Gasteiger partial charge is 0.336 e. The van der Waals surface area contributed by atoms with E-state index in [1.807, 2.05) is 0 Å². The predicted molar refractivity (Wildman–Crippen MR) is 139 cm³/mol. The molecule has 8 heteroatoms. The fourth-order valence-electron chi connectivity index (χ4n) is 3.80. The number of benzene rings is 3. The van der Waals surface area contributed by atoms with E-state index < -0.39 is 5.97 Å². The van der Waals surface area contributed by atoms with Crippen LogP contribution in [0.3, 0.4) is 0 Å². The maximum Gasteiger partial charge on any atom is 0.336 e. The minimum absolute atomic E-state index is 0.135. The number of nitrogens with zero attached hydrogens (tertiary/aromatic N) is 1.